The molecule has 92 valence electrons. The Bertz CT molecular complexity index is 524. The molecule has 0 atom stereocenters. The van der Waals surface area contributed by atoms with Crippen molar-refractivity contribution in [2.24, 2.45) is 0 Å². The van der Waals surface area contributed by atoms with Gasteiger partial charge in [-0.3, -0.25) is 0 Å². The lowest BCUT2D eigenvalue weighted by Gasteiger charge is -2.07. The first-order valence-electron chi connectivity index (χ1n) is 5.82. The van der Waals surface area contributed by atoms with Crippen LogP contribution in [0.2, 0.25) is 0 Å². The first-order valence-corrected chi connectivity index (χ1v) is 5.82. The van der Waals surface area contributed by atoms with E-state index in [1.807, 2.05) is 43.3 Å². The summed E-state index contributed by atoms with van der Waals surface area (Å²) in [7, 11) is 0. The van der Waals surface area contributed by atoms with Crippen LogP contribution in [0.1, 0.15) is 18.1 Å². The minimum Gasteiger partial charge on any atom is -0.508 e. The number of phenols is 1. The van der Waals surface area contributed by atoms with Crippen molar-refractivity contribution in [2.75, 3.05) is 0 Å². The molecule has 0 amide bonds. The molecule has 0 aromatic heterocycles. The molecule has 0 bridgehead atoms. The second kappa shape index (κ2) is 5.41. The van der Waals surface area contributed by atoms with E-state index in [1.54, 1.807) is 12.1 Å². The molecule has 0 radical (unpaired) electrons. The Hall–Kier alpha value is -2.22. The first kappa shape index (κ1) is 12.2. The Morgan fingerprint density at radius 3 is 2.22 bits per heavy atom. The largest absolute Gasteiger partial charge is 0.508 e. The van der Waals surface area contributed by atoms with Gasteiger partial charge in [0.2, 0.25) is 0 Å². The molecule has 2 heteroatoms. The third-order valence-electron chi connectivity index (χ3n) is 2.69. The van der Waals surface area contributed by atoms with Crippen LogP contribution in [-0.2, 0) is 6.61 Å². The van der Waals surface area contributed by atoms with Gasteiger partial charge >= 0.3 is 0 Å². The summed E-state index contributed by atoms with van der Waals surface area (Å²) in [5.74, 6) is 1.10. The minimum absolute atomic E-state index is 0.268. The van der Waals surface area contributed by atoms with Crippen molar-refractivity contribution >= 4 is 5.57 Å². The van der Waals surface area contributed by atoms with Crippen LogP contribution in [0, 0.1) is 0 Å². The van der Waals surface area contributed by atoms with Gasteiger partial charge in [-0.2, -0.15) is 0 Å². The molecule has 1 N–H and O–H groups in total. The molecule has 2 rings (SSSR count). The highest BCUT2D eigenvalue weighted by molar-refractivity contribution is 5.61. The molecule has 0 saturated heterocycles. The zero-order valence-electron chi connectivity index (χ0n) is 10.4. The number of rotatable bonds is 4. The number of hydrogen-bond donors (Lipinski definition) is 1. The van der Waals surface area contributed by atoms with Crippen molar-refractivity contribution in [1.29, 1.82) is 0 Å². The van der Waals surface area contributed by atoms with E-state index in [0.717, 1.165) is 22.4 Å². The van der Waals surface area contributed by atoms with E-state index < -0.39 is 0 Å². The van der Waals surface area contributed by atoms with Crippen molar-refractivity contribution in [3.63, 3.8) is 0 Å². The number of benzene rings is 2. The summed E-state index contributed by atoms with van der Waals surface area (Å²) in [4.78, 5) is 0. The summed E-state index contributed by atoms with van der Waals surface area (Å²) in [5, 5.41) is 9.18. The van der Waals surface area contributed by atoms with Crippen LogP contribution >= 0.6 is 0 Å². The maximum absolute atomic E-state index is 9.18. The van der Waals surface area contributed by atoms with Gasteiger partial charge in [0.05, 0.1) is 0 Å². The van der Waals surface area contributed by atoms with E-state index in [9.17, 15) is 5.11 Å². The van der Waals surface area contributed by atoms with Crippen molar-refractivity contribution in [3.8, 4) is 11.5 Å². The molecule has 0 unspecified atom stereocenters. The molecule has 0 aliphatic heterocycles. The average molecular weight is 240 g/mol. The van der Waals surface area contributed by atoms with Crippen LogP contribution in [0.3, 0.4) is 0 Å². The van der Waals surface area contributed by atoms with Gasteiger partial charge in [-0.15, -0.1) is 0 Å². The average Bonchev–Trinajstić information content (AvgIpc) is 2.38. The van der Waals surface area contributed by atoms with Crippen LogP contribution in [-0.4, -0.2) is 5.11 Å². The Morgan fingerprint density at radius 1 is 1.06 bits per heavy atom. The lowest BCUT2D eigenvalue weighted by molar-refractivity contribution is 0.306. The van der Waals surface area contributed by atoms with E-state index in [-0.39, 0.29) is 5.75 Å². The van der Waals surface area contributed by atoms with Gasteiger partial charge in [0, 0.05) is 0 Å². The topological polar surface area (TPSA) is 29.5 Å². The predicted octanol–water partition coefficient (Wildman–Crippen LogP) is 4.00. The molecule has 0 saturated carbocycles. The number of phenolic OH excluding ortho intramolecular Hbond substituents is 1. The Kier molecular flexibility index (Phi) is 3.68. The van der Waals surface area contributed by atoms with Crippen molar-refractivity contribution in [1.82, 2.24) is 0 Å². The van der Waals surface area contributed by atoms with Crippen LogP contribution < -0.4 is 4.74 Å². The Balaban J connectivity index is 1.97. The van der Waals surface area contributed by atoms with Gasteiger partial charge < -0.3 is 9.84 Å². The zero-order chi connectivity index (χ0) is 13.0. The summed E-state index contributed by atoms with van der Waals surface area (Å²) in [6, 6.07) is 14.9. The molecule has 0 aliphatic rings. The molecular formula is C16H16O2. The third kappa shape index (κ3) is 3.14. The van der Waals surface area contributed by atoms with Gasteiger partial charge in [0.1, 0.15) is 18.1 Å². The molecule has 0 aliphatic carbocycles. The van der Waals surface area contributed by atoms with Gasteiger partial charge in [-0.25, -0.2) is 0 Å². The second-order valence-corrected chi connectivity index (χ2v) is 4.26. The van der Waals surface area contributed by atoms with Crippen molar-refractivity contribution in [2.45, 2.75) is 13.5 Å². The van der Waals surface area contributed by atoms with E-state index in [1.165, 1.54) is 0 Å². The monoisotopic (exact) mass is 240 g/mol. The lowest BCUT2D eigenvalue weighted by atomic mass is 10.1. The van der Waals surface area contributed by atoms with Gasteiger partial charge in [-0.1, -0.05) is 36.4 Å². The Labute approximate surface area is 107 Å². The van der Waals surface area contributed by atoms with E-state index in [2.05, 4.69) is 6.58 Å². The second-order valence-electron chi connectivity index (χ2n) is 4.26. The maximum Gasteiger partial charge on any atom is 0.119 e. The standard InChI is InChI=1S/C16H16O2/c1-12(2)14-5-9-16(10-6-14)18-11-13-3-7-15(17)8-4-13/h3-10,17H,1,11H2,2H3. The summed E-state index contributed by atoms with van der Waals surface area (Å²) in [6.45, 7) is 6.36. The summed E-state index contributed by atoms with van der Waals surface area (Å²) >= 11 is 0. The highest BCUT2D eigenvalue weighted by atomic mass is 16.5. The molecule has 0 heterocycles. The highest BCUT2D eigenvalue weighted by Gasteiger charge is 1.98. The van der Waals surface area contributed by atoms with Crippen LogP contribution in [0.15, 0.2) is 55.1 Å². The Morgan fingerprint density at radius 2 is 1.67 bits per heavy atom. The zero-order valence-corrected chi connectivity index (χ0v) is 10.4. The molecule has 2 aromatic carbocycles. The minimum atomic E-state index is 0.268. The van der Waals surface area contributed by atoms with Gasteiger partial charge in [0.15, 0.2) is 0 Å². The normalized spacial score (nSPS) is 10.1. The van der Waals surface area contributed by atoms with E-state index in [0.29, 0.717) is 6.61 Å². The predicted molar refractivity (Wildman–Crippen MR) is 73.6 cm³/mol. The molecule has 2 nitrogen and oxygen atoms in total. The smallest absolute Gasteiger partial charge is 0.119 e. The van der Waals surface area contributed by atoms with Crippen LogP contribution in [0.5, 0.6) is 11.5 Å². The summed E-state index contributed by atoms with van der Waals surface area (Å²) in [5.41, 5.74) is 3.18. The van der Waals surface area contributed by atoms with E-state index >= 15 is 0 Å². The first-order chi connectivity index (χ1) is 8.65. The fourth-order valence-corrected chi connectivity index (χ4v) is 1.59. The number of hydrogen-bond acceptors (Lipinski definition) is 2. The molecule has 2 aromatic rings. The fraction of sp³-hybridized carbons (Fsp3) is 0.125. The number of aromatic hydroxyl groups is 1. The van der Waals surface area contributed by atoms with E-state index in [4.69, 9.17) is 4.74 Å². The molecule has 0 fully saturated rings. The summed E-state index contributed by atoms with van der Waals surface area (Å²) in [6.07, 6.45) is 0. The number of ether oxygens (including phenoxy) is 1. The van der Waals surface area contributed by atoms with Gasteiger partial charge in [-0.05, 0) is 42.3 Å². The van der Waals surface area contributed by atoms with Gasteiger partial charge in [0.25, 0.3) is 0 Å². The fourth-order valence-electron chi connectivity index (χ4n) is 1.59. The molecular weight excluding hydrogens is 224 g/mol. The van der Waals surface area contributed by atoms with Crippen LogP contribution in [0.25, 0.3) is 5.57 Å². The maximum atomic E-state index is 9.18. The third-order valence-corrected chi connectivity index (χ3v) is 2.69. The SMILES string of the molecule is C=C(C)c1ccc(OCc2ccc(O)cc2)cc1. The number of allylic oxidation sites excluding steroid dienone is 1. The molecule has 0 spiro atoms. The van der Waals surface area contributed by atoms with Crippen LogP contribution in [0.4, 0.5) is 0 Å². The highest BCUT2D eigenvalue weighted by Crippen LogP contribution is 2.18. The quantitative estimate of drug-likeness (QED) is 0.875. The lowest BCUT2D eigenvalue weighted by Crippen LogP contribution is -1.94. The van der Waals surface area contributed by atoms with Crippen molar-refractivity contribution in [3.05, 3.63) is 66.2 Å². The summed E-state index contributed by atoms with van der Waals surface area (Å²) < 4.78 is 5.66. The van der Waals surface area contributed by atoms with Crippen molar-refractivity contribution < 1.29 is 9.84 Å². The molecule has 18 heavy (non-hydrogen) atoms.